The van der Waals surface area contributed by atoms with Crippen molar-refractivity contribution in [2.24, 2.45) is 0 Å². The molecule has 0 atom stereocenters. The standard InChI is InChI=1S/C17H14ClN3/c18-16-13-6-2-4-8-15(13)20-17(21-16)12-9-10-19-14-7-3-1-5-11(12)14/h1,3,5,7,9-10H,2,4,6,8H2. The van der Waals surface area contributed by atoms with Gasteiger partial charge >= 0.3 is 0 Å². The predicted octanol–water partition coefficient (Wildman–Crippen LogP) is 4.22. The number of benzene rings is 1. The molecule has 2 heterocycles. The molecule has 0 bridgehead atoms. The van der Waals surface area contributed by atoms with Crippen molar-refractivity contribution in [2.75, 3.05) is 0 Å². The summed E-state index contributed by atoms with van der Waals surface area (Å²) >= 11 is 6.38. The highest BCUT2D eigenvalue weighted by Gasteiger charge is 2.18. The van der Waals surface area contributed by atoms with Crippen LogP contribution in [0.2, 0.25) is 5.15 Å². The van der Waals surface area contributed by atoms with Crippen molar-refractivity contribution in [2.45, 2.75) is 25.7 Å². The van der Waals surface area contributed by atoms with E-state index in [4.69, 9.17) is 16.6 Å². The number of fused-ring (bicyclic) bond motifs is 2. The highest BCUT2D eigenvalue weighted by atomic mass is 35.5. The first kappa shape index (κ1) is 12.7. The lowest BCUT2D eigenvalue weighted by molar-refractivity contribution is 0.663. The van der Waals surface area contributed by atoms with Gasteiger partial charge in [0.15, 0.2) is 5.82 Å². The first-order chi connectivity index (χ1) is 10.3. The van der Waals surface area contributed by atoms with Gasteiger partial charge in [-0.1, -0.05) is 29.8 Å². The molecule has 1 aliphatic carbocycles. The third-order valence-corrected chi connectivity index (χ3v) is 4.34. The van der Waals surface area contributed by atoms with Gasteiger partial charge in [0.1, 0.15) is 5.15 Å². The third kappa shape index (κ3) is 2.18. The highest BCUT2D eigenvalue weighted by Crippen LogP contribution is 2.30. The van der Waals surface area contributed by atoms with E-state index in [-0.39, 0.29) is 0 Å². The number of hydrogen-bond acceptors (Lipinski definition) is 3. The van der Waals surface area contributed by atoms with Crippen LogP contribution in [-0.4, -0.2) is 15.0 Å². The van der Waals surface area contributed by atoms with Gasteiger partial charge in [0.25, 0.3) is 0 Å². The average molecular weight is 296 g/mol. The first-order valence-corrected chi connectivity index (χ1v) is 7.60. The minimum Gasteiger partial charge on any atom is -0.256 e. The molecule has 4 heteroatoms. The lowest BCUT2D eigenvalue weighted by atomic mass is 9.97. The van der Waals surface area contributed by atoms with Gasteiger partial charge in [-0.2, -0.15) is 0 Å². The molecule has 3 aromatic rings. The molecule has 21 heavy (non-hydrogen) atoms. The number of rotatable bonds is 1. The minimum absolute atomic E-state index is 0.607. The van der Waals surface area contributed by atoms with Crippen LogP contribution in [0.1, 0.15) is 24.1 Å². The van der Waals surface area contributed by atoms with Gasteiger partial charge in [-0.05, 0) is 37.8 Å². The Hall–Kier alpha value is -2.00. The van der Waals surface area contributed by atoms with Gasteiger partial charge < -0.3 is 0 Å². The second kappa shape index (κ2) is 5.08. The summed E-state index contributed by atoms with van der Waals surface area (Å²) in [4.78, 5) is 13.7. The molecule has 1 aromatic carbocycles. The topological polar surface area (TPSA) is 38.7 Å². The smallest absolute Gasteiger partial charge is 0.161 e. The van der Waals surface area contributed by atoms with Crippen molar-refractivity contribution in [3.05, 3.63) is 52.9 Å². The Kier molecular flexibility index (Phi) is 3.08. The molecule has 0 amide bonds. The fraction of sp³-hybridized carbons (Fsp3) is 0.235. The van der Waals surface area contributed by atoms with Gasteiger partial charge in [0, 0.05) is 28.4 Å². The van der Waals surface area contributed by atoms with Crippen molar-refractivity contribution in [3.63, 3.8) is 0 Å². The van der Waals surface area contributed by atoms with E-state index in [0.717, 1.165) is 40.6 Å². The number of aryl methyl sites for hydroxylation is 1. The number of halogens is 1. The van der Waals surface area contributed by atoms with Crippen molar-refractivity contribution in [1.82, 2.24) is 15.0 Å². The van der Waals surface area contributed by atoms with Crippen LogP contribution in [0, 0.1) is 0 Å². The second-order valence-corrected chi connectivity index (χ2v) is 5.70. The normalized spacial score (nSPS) is 14.1. The van der Waals surface area contributed by atoms with Crippen LogP contribution >= 0.6 is 11.6 Å². The van der Waals surface area contributed by atoms with Gasteiger partial charge in [-0.25, -0.2) is 9.97 Å². The van der Waals surface area contributed by atoms with Crippen LogP contribution in [0.4, 0.5) is 0 Å². The Morgan fingerprint density at radius 2 is 1.81 bits per heavy atom. The summed E-state index contributed by atoms with van der Waals surface area (Å²) in [6.07, 6.45) is 6.14. The zero-order chi connectivity index (χ0) is 14.2. The predicted molar refractivity (Wildman–Crippen MR) is 84.4 cm³/mol. The van der Waals surface area contributed by atoms with E-state index in [1.807, 2.05) is 30.3 Å². The highest BCUT2D eigenvalue weighted by molar-refractivity contribution is 6.30. The maximum Gasteiger partial charge on any atom is 0.161 e. The summed E-state index contributed by atoms with van der Waals surface area (Å²) < 4.78 is 0. The molecular weight excluding hydrogens is 282 g/mol. The number of pyridine rings is 1. The van der Waals surface area contributed by atoms with Crippen LogP contribution in [-0.2, 0) is 12.8 Å². The molecule has 0 aliphatic heterocycles. The molecule has 104 valence electrons. The molecular formula is C17H14ClN3. The molecule has 2 aromatic heterocycles. The third-order valence-electron chi connectivity index (χ3n) is 4.02. The van der Waals surface area contributed by atoms with Gasteiger partial charge in [-0.3, -0.25) is 4.98 Å². The Bertz CT molecular complexity index is 824. The van der Waals surface area contributed by atoms with Crippen LogP contribution in [0.3, 0.4) is 0 Å². The number of para-hydroxylation sites is 1. The summed E-state index contributed by atoms with van der Waals surface area (Å²) in [5, 5.41) is 1.67. The first-order valence-electron chi connectivity index (χ1n) is 7.22. The maximum atomic E-state index is 6.38. The van der Waals surface area contributed by atoms with Crippen molar-refractivity contribution >= 4 is 22.5 Å². The molecule has 0 spiro atoms. The van der Waals surface area contributed by atoms with E-state index in [1.165, 1.54) is 12.8 Å². The van der Waals surface area contributed by atoms with Crippen LogP contribution in [0.15, 0.2) is 36.5 Å². The van der Waals surface area contributed by atoms with Crippen LogP contribution in [0.5, 0.6) is 0 Å². The fourth-order valence-electron chi connectivity index (χ4n) is 2.96. The van der Waals surface area contributed by atoms with Gasteiger partial charge in [0.05, 0.1) is 5.52 Å². The number of aromatic nitrogens is 3. The lowest BCUT2D eigenvalue weighted by Gasteiger charge is -2.17. The summed E-state index contributed by atoms with van der Waals surface area (Å²) in [5.41, 5.74) is 4.19. The number of hydrogen-bond donors (Lipinski definition) is 0. The Morgan fingerprint density at radius 1 is 0.952 bits per heavy atom. The van der Waals surface area contributed by atoms with E-state index in [2.05, 4.69) is 9.97 Å². The molecule has 0 fully saturated rings. The monoisotopic (exact) mass is 295 g/mol. The summed E-state index contributed by atoms with van der Waals surface area (Å²) in [6, 6.07) is 10.0. The minimum atomic E-state index is 0.607. The van der Waals surface area contributed by atoms with Crippen LogP contribution < -0.4 is 0 Å². The van der Waals surface area contributed by atoms with E-state index in [0.29, 0.717) is 11.0 Å². The van der Waals surface area contributed by atoms with E-state index in [1.54, 1.807) is 6.20 Å². The Balaban J connectivity index is 1.95. The summed E-state index contributed by atoms with van der Waals surface area (Å²) in [7, 11) is 0. The largest absolute Gasteiger partial charge is 0.256 e. The molecule has 0 radical (unpaired) electrons. The molecule has 0 N–H and O–H groups in total. The van der Waals surface area contributed by atoms with E-state index >= 15 is 0 Å². The molecule has 0 unspecified atom stereocenters. The average Bonchev–Trinajstić information content (AvgIpc) is 2.54. The zero-order valence-electron chi connectivity index (χ0n) is 11.5. The summed E-state index contributed by atoms with van der Waals surface area (Å²) in [6.45, 7) is 0. The number of nitrogens with zero attached hydrogens (tertiary/aromatic N) is 3. The van der Waals surface area contributed by atoms with Gasteiger partial charge in [-0.15, -0.1) is 0 Å². The molecule has 0 saturated heterocycles. The van der Waals surface area contributed by atoms with Crippen molar-refractivity contribution in [1.29, 1.82) is 0 Å². The van der Waals surface area contributed by atoms with E-state index < -0.39 is 0 Å². The van der Waals surface area contributed by atoms with E-state index in [9.17, 15) is 0 Å². The Morgan fingerprint density at radius 3 is 2.76 bits per heavy atom. The Labute approximate surface area is 128 Å². The quantitative estimate of drug-likeness (QED) is 0.631. The van der Waals surface area contributed by atoms with Crippen molar-refractivity contribution < 1.29 is 0 Å². The second-order valence-electron chi connectivity index (χ2n) is 5.35. The zero-order valence-corrected chi connectivity index (χ0v) is 12.3. The fourth-order valence-corrected chi connectivity index (χ4v) is 3.24. The molecule has 3 nitrogen and oxygen atoms in total. The van der Waals surface area contributed by atoms with Gasteiger partial charge in [0.2, 0.25) is 0 Å². The summed E-state index contributed by atoms with van der Waals surface area (Å²) in [5.74, 6) is 0.708. The SMILES string of the molecule is Clc1nc(-c2ccnc3ccccc23)nc2c1CCCC2. The van der Waals surface area contributed by atoms with Crippen molar-refractivity contribution in [3.8, 4) is 11.4 Å². The molecule has 4 rings (SSSR count). The lowest BCUT2D eigenvalue weighted by Crippen LogP contribution is -2.09. The molecule has 0 saturated carbocycles. The maximum absolute atomic E-state index is 6.38. The molecule has 1 aliphatic rings. The van der Waals surface area contributed by atoms with Crippen LogP contribution in [0.25, 0.3) is 22.3 Å².